The zero-order valence-electron chi connectivity index (χ0n) is 18.2. The Bertz CT molecular complexity index is 920. The molecule has 6 nitrogen and oxygen atoms in total. The number of hydrogen-bond donors (Lipinski definition) is 3. The van der Waals surface area contributed by atoms with Crippen LogP contribution in [0.15, 0.2) is 47.5 Å². The molecule has 0 heterocycles. The summed E-state index contributed by atoms with van der Waals surface area (Å²) in [5.74, 6) is 0.496. The number of nitrogens with one attached hydrogen (secondary N) is 3. The lowest BCUT2D eigenvalue weighted by molar-refractivity contribution is -0.153. The van der Waals surface area contributed by atoms with Crippen LogP contribution < -0.4 is 20.7 Å². The number of benzene rings is 2. The van der Waals surface area contributed by atoms with Crippen molar-refractivity contribution in [2.24, 2.45) is 4.99 Å². The summed E-state index contributed by atoms with van der Waals surface area (Å²) in [5, 5.41) is 8.79. The quantitative estimate of drug-likeness (QED) is 0.256. The number of guanidine groups is 1. The van der Waals surface area contributed by atoms with Crippen molar-refractivity contribution in [1.82, 2.24) is 16.0 Å². The van der Waals surface area contributed by atoms with Crippen molar-refractivity contribution in [3.63, 3.8) is 0 Å². The summed E-state index contributed by atoms with van der Waals surface area (Å²) in [4.78, 5) is 16.3. The largest absolute Gasteiger partial charge is 0.484 e. The molecule has 0 aliphatic heterocycles. The molecule has 176 valence electrons. The molecule has 10 heteroatoms. The van der Waals surface area contributed by atoms with E-state index in [1.807, 2.05) is 19.1 Å². The maximum atomic E-state index is 12.6. The number of halogens is 4. The van der Waals surface area contributed by atoms with Gasteiger partial charge in [0, 0.05) is 31.3 Å². The Morgan fingerprint density at radius 3 is 2.53 bits per heavy atom. The maximum Gasteiger partial charge on any atom is 0.422 e. The zero-order valence-corrected chi connectivity index (χ0v) is 20.5. The summed E-state index contributed by atoms with van der Waals surface area (Å²) in [5.41, 5.74) is 2.78. The lowest BCUT2D eigenvalue weighted by Gasteiger charge is -2.16. The Hall–Kier alpha value is -2.50. The molecule has 0 atom stereocenters. The number of alkyl halides is 3. The molecular weight excluding hydrogens is 536 g/mol. The van der Waals surface area contributed by atoms with Crippen molar-refractivity contribution in [3.8, 4) is 5.75 Å². The van der Waals surface area contributed by atoms with E-state index in [2.05, 4.69) is 20.9 Å². The van der Waals surface area contributed by atoms with Gasteiger partial charge in [-0.25, -0.2) is 4.99 Å². The molecule has 3 N–H and O–H groups in total. The van der Waals surface area contributed by atoms with Crippen molar-refractivity contribution >= 4 is 35.8 Å². The molecule has 0 radical (unpaired) electrons. The molecule has 32 heavy (non-hydrogen) atoms. The highest BCUT2D eigenvalue weighted by Gasteiger charge is 2.28. The van der Waals surface area contributed by atoms with Crippen LogP contribution in [-0.4, -0.2) is 38.2 Å². The van der Waals surface area contributed by atoms with Crippen LogP contribution in [0, 0.1) is 6.92 Å². The summed E-state index contributed by atoms with van der Waals surface area (Å²) in [6.07, 6.45) is -4.41. The van der Waals surface area contributed by atoms with E-state index in [1.54, 1.807) is 44.3 Å². The second-order valence-corrected chi connectivity index (χ2v) is 6.84. The van der Waals surface area contributed by atoms with Gasteiger partial charge >= 0.3 is 6.18 Å². The fourth-order valence-electron chi connectivity index (χ4n) is 2.75. The predicted molar refractivity (Wildman–Crippen MR) is 130 cm³/mol. The molecule has 0 aliphatic carbocycles. The number of aliphatic imine (C=N–C) groups is 1. The number of rotatable bonds is 8. The van der Waals surface area contributed by atoms with Gasteiger partial charge in [0.1, 0.15) is 5.75 Å². The molecule has 1 amide bonds. The highest BCUT2D eigenvalue weighted by molar-refractivity contribution is 14.0. The van der Waals surface area contributed by atoms with Gasteiger partial charge in [0.25, 0.3) is 5.91 Å². The summed E-state index contributed by atoms with van der Waals surface area (Å²) in [6, 6.07) is 12.2. The van der Waals surface area contributed by atoms with Gasteiger partial charge in [-0.3, -0.25) is 4.79 Å². The fraction of sp³-hybridized carbons (Fsp3) is 0.364. The third-order valence-corrected chi connectivity index (χ3v) is 4.24. The second kappa shape index (κ2) is 13.1. The van der Waals surface area contributed by atoms with E-state index in [1.165, 1.54) is 0 Å². The van der Waals surface area contributed by atoms with Crippen molar-refractivity contribution < 1.29 is 22.7 Å². The molecule has 0 saturated carbocycles. The highest BCUT2D eigenvalue weighted by atomic mass is 127. The van der Waals surface area contributed by atoms with Crippen LogP contribution >= 0.6 is 24.0 Å². The third-order valence-electron chi connectivity index (χ3n) is 4.24. The molecule has 2 rings (SSSR count). The summed E-state index contributed by atoms with van der Waals surface area (Å²) in [7, 11) is 1.57. The Morgan fingerprint density at radius 2 is 1.88 bits per heavy atom. The lowest BCUT2D eigenvalue weighted by atomic mass is 10.1. The van der Waals surface area contributed by atoms with Gasteiger partial charge in [0.15, 0.2) is 12.6 Å². The fourth-order valence-corrected chi connectivity index (χ4v) is 2.75. The van der Waals surface area contributed by atoms with Crippen molar-refractivity contribution in [3.05, 3.63) is 64.7 Å². The minimum atomic E-state index is -4.41. The van der Waals surface area contributed by atoms with Crippen LogP contribution in [0.3, 0.4) is 0 Å². The van der Waals surface area contributed by atoms with Crippen molar-refractivity contribution in [1.29, 1.82) is 0 Å². The molecule has 0 bridgehead atoms. The van der Waals surface area contributed by atoms with E-state index >= 15 is 0 Å². The Balaban J connectivity index is 0.00000512. The number of ether oxygens (including phenoxy) is 1. The van der Waals surface area contributed by atoms with Gasteiger partial charge in [0.05, 0.1) is 6.54 Å². The number of carbonyl (C=O) groups excluding carboxylic acids is 1. The average molecular weight is 564 g/mol. The van der Waals surface area contributed by atoms with E-state index in [4.69, 9.17) is 4.74 Å². The SMILES string of the molecule is CCNC(=NCc1cccc(C(=O)NC)c1)NCc1ccc(C)cc1OCC(F)(F)F.I. The summed E-state index contributed by atoms with van der Waals surface area (Å²) >= 11 is 0. The summed E-state index contributed by atoms with van der Waals surface area (Å²) in [6.45, 7) is 3.51. The minimum absolute atomic E-state index is 0. The van der Waals surface area contributed by atoms with Gasteiger partial charge in [-0.1, -0.05) is 24.3 Å². The molecule has 0 fully saturated rings. The standard InChI is InChI=1S/C22H27F3N4O2.HI/c1-4-27-21(28-12-16-6-5-7-17(11-16)20(30)26-3)29-13-18-9-8-15(2)10-19(18)31-14-22(23,24)25;/h5-11H,4,12-14H2,1-3H3,(H,26,30)(H2,27,28,29);1H. The minimum Gasteiger partial charge on any atom is -0.484 e. The first-order valence-electron chi connectivity index (χ1n) is 9.84. The Labute approximate surface area is 203 Å². The molecule has 2 aromatic rings. The van der Waals surface area contributed by atoms with Gasteiger partial charge < -0.3 is 20.7 Å². The number of aryl methyl sites for hydroxylation is 1. The smallest absolute Gasteiger partial charge is 0.422 e. The molecule has 0 unspecified atom stereocenters. The van der Waals surface area contributed by atoms with Crippen LogP contribution in [0.1, 0.15) is 34.0 Å². The first-order valence-corrected chi connectivity index (χ1v) is 9.84. The lowest BCUT2D eigenvalue weighted by Crippen LogP contribution is -2.37. The van der Waals surface area contributed by atoms with Gasteiger partial charge in [0.2, 0.25) is 0 Å². The van der Waals surface area contributed by atoms with E-state index in [9.17, 15) is 18.0 Å². The van der Waals surface area contributed by atoms with Crippen LogP contribution in [0.4, 0.5) is 13.2 Å². The first-order chi connectivity index (χ1) is 14.7. The number of nitrogens with zero attached hydrogens (tertiary/aromatic N) is 1. The van der Waals surface area contributed by atoms with E-state index in [0.717, 1.165) is 11.1 Å². The van der Waals surface area contributed by atoms with Crippen molar-refractivity contribution in [2.45, 2.75) is 33.1 Å². The molecule has 2 aromatic carbocycles. The highest BCUT2D eigenvalue weighted by Crippen LogP contribution is 2.23. The summed E-state index contributed by atoms with van der Waals surface area (Å²) < 4.78 is 42.7. The Kier molecular flexibility index (Phi) is 11.3. The van der Waals surface area contributed by atoms with Gasteiger partial charge in [-0.15, -0.1) is 24.0 Å². The maximum absolute atomic E-state index is 12.6. The molecule has 0 aromatic heterocycles. The van der Waals surface area contributed by atoms with Crippen LogP contribution in [0.2, 0.25) is 0 Å². The molecule has 0 spiro atoms. The number of hydrogen-bond acceptors (Lipinski definition) is 3. The second-order valence-electron chi connectivity index (χ2n) is 6.84. The topological polar surface area (TPSA) is 74.8 Å². The first kappa shape index (κ1) is 27.5. The van der Waals surface area contributed by atoms with Gasteiger partial charge in [-0.2, -0.15) is 13.2 Å². The zero-order chi connectivity index (χ0) is 22.9. The third kappa shape index (κ3) is 9.33. The van der Waals surface area contributed by atoms with Crippen LogP contribution in [0.5, 0.6) is 5.75 Å². The van der Waals surface area contributed by atoms with Crippen LogP contribution in [-0.2, 0) is 13.1 Å². The molecule has 0 saturated heterocycles. The molecule has 0 aliphatic rings. The average Bonchev–Trinajstić information content (AvgIpc) is 2.74. The Morgan fingerprint density at radius 1 is 1.12 bits per heavy atom. The van der Waals surface area contributed by atoms with Gasteiger partial charge in [-0.05, 0) is 43.2 Å². The predicted octanol–water partition coefficient (Wildman–Crippen LogP) is 4.17. The van der Waals surface area contributed by atoms with Crippen LogP contribution in [0.25, 0.3) is 0 Å². The molecular formula is C22H28F3IN4O2. The monoisotopic (exact) mass is 564 g/mol. The van der Waals surface area contributed by atoms with E-state index in [0.29, 0.717) is 30.2 Å². The van der Waals surface area contributed by atoms with Crippen molar-refractivity contribution in [2.75, 3.05) is 20.2 Å². The number of amides is 1. The number of carbonyl (C=O) groups is 1. The van der Waals surface area contributed by atoms with E-state index < -0.39 is 12.8 Å². The van der Waals surface area contributed by atoms with E-state index in [-0.39, 0.29) is 42.2 Å². The normalized spacial score (nSPS) is 11.4.